The van der Waals surface area contributed by atoms with Crippen molar-refractivity contribution in [2.45, 2.75) is 37.2 Å². The van der Waals surface area contributed by atoms with Crippen LogP contribution in [0, 0.1) is 0 Å². The standard InChI is InChI=1S/C34H30Br2F3N3O4/c35-28-12-5-2-8-23(28)20-33(32(44)42-40-21-24-9-1-4-11-27(24)34(37,38)39)30(26-10-3-6-13-29(26)36)46-31(41-33)22-14-16-25(17-15-22)45-19-7-18-43/h1-6,8-17,30,40,43H,7,18-21H2,(H,42,44)/t30-,33-/m0/s1. The van der Waals surface area contributed by atoms with Crippen LogP contribution < -0.4 is 15.6 Å². The number of ether oxygens (including phenoxy) is 2. The van der Waals surface area contributed by atoms with Crippen LogP contribution in [0.15, 0.2) is 111 Å². The number of amides is 1. The van der Waals surface area contributed by atoms with Crippen LogP contribution in [0.1, 0.15) is 40.3 Å². The van der Waals surface area contributed by atoms with E-state index in [-0.39, 0.29) is 31.0 Å². The van der Waals surface area contributed by atoms with Crippen molar-refractivity contribution in [3.05, 3.63) is 134 Å². The second kappa shape index (κ2) is 14.8. The first-order valence-electron chi connectivity index (χ1n) is 14.4. The van der Waals surface area contributed by atoms with E-state index in [0.29, 0.717) is 34.4 Å². The van der Waals surface area contributed by atoms with Crippen LogP contribution in [-0.4, -0.2) is 35.7 Å². The van der Waals surface area contributed by atoms with Gasteiger partial charge in [-0.05, 0) is 53.6 Å². The molecule has 0 saturated heterocycles. The summed E-state index contributed by atoms with van der Waals surface area (Å²) in [7, 11) is 0. The average molecular weight is 761 g/mol. The van der Waals surface area contributed by atoms with E-state index >= 15 is 0 Å². The lowest BCUT2D eigenvalue weighted by Gasteiger charge is -2.31. The van der Waals surface area contributed by atoms with Gasteiger partial charge in [0, 0.05) is 46.1 Å². The molecule has 4 aromatic rings. The summed E-state index contributed by atoms with van der Waals surface area (Å²) in [6, 6.07) is 27.0. The van der Waals surface area contributed by atoms with Crippen LogP contribution in [0.3, 0.4) is 0 Å². The molecule has 0 aromatic heterocycles. The minimum Gasteiger partial charge on any atom is -0.494 e. The van der Waals surface area contributed by atoms with Gasteiger partial charge in [-0.25, -0.2) is 10.4 Å². The number of nitrogens with one attached hydrogen (secondary N) is 2. The van der Waals surface area contributed by atoms with Crippen LogP contribution in [0.25, 0.3) is 0 Å². The van der Waals surface area contributed by atoms with Crippen molar-refractivity contribution in [1.29, 1.82) is 0 Å². The Hall–Kier alpha value is -3.71. The highest BCUT2D eigenvalue weighted by molar-refractivity contribution is 9.10. The first-order valence-corrected chi connectivity index (χ1v) is 16.0. The van der Waals surface area contributed by atoms with Crippen molar-refractivity contribution in [3.8, 4) is 5.75 Å². The molecule has 5 rings (SSSR count). The van der Waals surface area contributed by atoms with Gasteiger partial charge in [-0.15, -0.1) is 0 Å². The monoisotopic (exact) mass is 759 g/mol. The van der Waals surface area contributed by atoms with Crippen LogP contribution in [-0.2, 0) is 28.7 Å². The molecular weight excluding hydrogens is 731 g/mol. The third-order valence-electron chi connectivity index (χ3n) is 7.44. The largest absolute Gasteiger partial charge is 0.494 e. The Morgan fingerprint density at radius 3 is 2.24 bits per heavy atom. The predicted octanol–water partition coefficient (Wildman–Crippen LogP) is 7.31. The molecule has 1 heterocycles. The number of benzene rings is 4. The average Bonchev–Trinajstić information content (AvgIpc) is 3.43. The fourth-order valence-electron chi connectivity index (χ4n) is 5.16. The lowest BCUT2D eigenvalue weighted by molar-refractivity contribution is -0.138. The molecule has 0 unspecified atom stereocenters. The number of carbonyl (C=O) groups excluding carboxylic acids is 1. The molecule has 1 aliphatic heterocycles. The smallest absolute Gasteiger partial charge is 0.416 e. The van der Waals surface area contributed by atoms with E-state index in [1.165, 1.54) is 18.2 Å². The molecule has 0 fully saturated rings. The molecule has 0 bridgehead atoms. The van der Waals surface area contributed by atoms with Crippen molar-refractivity contribution in [2.75, 3.05) is 13.2 Å². The van der Waals surface area contributed by atoms with E-state index in [4.69, 9.17) is 19.6 Å². The Bertz CT molecular complexity index is 1700. The summed E-state index contributed by atoms with van der Waals surface area (Å²) in [5.41, 5.74) is 4.99. The van der Waals surface area contributed by atoms with E-state index in [0.717, 1.165) is 16.1 Å². The Kier molecular flexibility index (Phi) is 10.8. The first kappa shape index (κ1) is 33.6. The lowest BCUT2D eigenvalue weighted by Crippen LogP contribution is -2.53. The maximum absolute atomic E-state index is 14.4. The summed E-state index contributed by atoms with van der Waals surface area (Å²) in [5, 5.41) is 9.04. The second-order valence-corrected chi connectivity index (χ2v) is 12.3. The van der Waals surface area contributed by atoms with Crippen molar-refractivity contribution >= 4 is 43.7 Å². The van der Waals surface area contributed by atoms with Gasteiger partial charge in [0.1, 0.15) is 5.75 Å². The molecule has 1 aliphatic rings. The van der Waals surface area contributed by atoms with Crippen LogP contribution in [0.2, 0.25) is 0 Å². The molecule has 2 atom stereocenters. The highest BCUT2D eigenvalue weighted by Gasteiger charge is 2.54. The lowest BCUT2D eigenvalue weighted by atomic mass is 9.82. The van der Waals surface area contributed by atoms with E-state index in [1.54, 1.807) is 24.3 Å². The van der Waals surface area contributed by atoms with Gasteiger partial charge in [-0.3, -0.25) is 10.2 Å². The van der Waals surface area contributed by atoms with E-state index in [9.17, 15) is 18.0 Å². The molecule has 240 valence electrons. The molecule has 0 spiro atoms. The van der Waals surface area contributed by atoms with E-state index in [1.807, 2.05) is 48.5 Å². The van der Waals surface area contributed by atoms with Crippen molar-refractivity contribution < 1.29 is 32.5 Å². The Morgan fingerprint density at radius 1 is 0.913 bits per heavy atom. The van der Waals surface area contributed by atoms with E-state index < -0.39 is 29.3 Å². The SMILES string of the molecule is O=C(NNCc1ccccc1C(F)(F)F)[C@@]1(Cc2ccccc2Br)N=C(c2ccc(OCCCO)cc2)O[C@H]1c1ccccc1Br. The fourth-order valence-corrected chi connectivity index (χ4v) is 6.08. The number of aliphatic imine (C=N–C) groups is 1. The molecule has 3 N–H and O–H groups in total. The number of rotatable bonds is 12. The number of alkyl halides is 3. The number of halogens is 5. The molecule has 7 nitrogen and oxygen atoms in total. The molecule has 0 aliphatic carbocycles. The van der Waals surface area contributed by atoms with Gasteiger partial charge < -0.3 is 14.6 Å². The maximum atomic E-state index is 14.4. The molecule has 0 saturated carbocycles. The summed E-state index contributed by atoms with van der Waals surface area (Å²) in [4.78, 5) is 19.3. The van der Waals surface area contributed by atoms with Gasteiger partial charge in [0.15, 0.2) is 11.6 Å². The molecule has 12 heteroatoms. The number of hydrogen-bond donors (Lipinski definition) is 3. The highest BCUT2D eigenvalue weighted by atomic mass is 79.9. The van der Waals surface area contributed by atoms with Crippen LogP contribution in [0.4, 0.5) is 13.2 Å². The van der Waals surface area contributed by atoms with Crippen molar-refractivity contribution in [1.82, 2.24) is 10.9 Å². The molecule has 0 radical (unpaired) electrons. The number of hydrogen-bond acceptors (Lipinski definition) is 6. The Morgan fingerprint density at radius 2 is 1.57 bits per heavy atom. The normalized spacial score (nSPS) is 17.7. The number of nitrogens with zero attached hydrogens (tertiary/aromatic N) is 1. The fraction of sp³-hybridized carbons (Fsp3) is 0.235. The summed E-state index contributed by atoms with van der Waals surface area (Å²) in [6.45, 7) is 0.0963. The van der Waals surface area contributed by atoms with Gasteiger partial charge in [0.2, 0.25) is 5.90 Å². The summed E-state index contributed by atoms with van der Waals surface area (Å²) < 4.78 is 54.5. The molecule has 46 heavy (non-hydrogen) atoms. The van der Waals surface area contributed by atoms with Crippen LogP contribution >= 0.6 is 31.9 Å². The van der Waals surface area contributed by atoms with Gasteiger partial charge >= 0.3 is 6.18 Å². The highest BCUT2D eigenvalue weighted by Crippen LogP contribution is 2.45. The van der Waals surface area contributed by atoms with Crippen molar-refractivity contribution in [2.24, 2.45) is 4.99 Å². The third-order valence-corrected chi connectivity index (χ3v) is 8.93. The predicted molar refractivity (Wildman–Crippen MR) is 175 cm³/mol. The zero-order valence-electron chi connectivity index (χ0n) is 24.4. The number of aliphatic hydroxyl groups is 1. The molecule has 4 aromatic carbocycles. The minimum absolute atomic E-state index is 0.0184. The van der Waals surface area contributed by atoms with Gasteiger partial charge in [0.25, 0.3) is 5.91 Å². The zero-order chi connectivity index (χ0) is 32.7. The summed E-state index contributed by atoms with van der Waals surface area (Å²) in [5.74, 6) is 0.221. The summed E-state index contributed by atoms with van der Waals surface area (Å²) in [6.07, 6.45) is -4.88. The first-order chi connectivity index (χ1) is 22.1. The summed E-state index contributed by atoms with van der Waals surface area (Å²) >= 11 is 7.19. The zero-order valence-corrected chi connectivity index (χ0v) is 27.5. The molecular formula is C34H30Br2F3N3O4. The Balaban J connectivity index is 1.53. The molecule has 1 amide bonds. The second-order valence-electron chi connectivity index (χ2n) is 10.5. The number of aliphatic hydroxyl groups excluding tert-OH is 1. The maximum Gasteiger partial charge on any atom is 0.416 e. The van der Waals surface area contributed by atoms with Gasteiger partial charge in [0.05, 0.1) is 12.2 Å². The number of hydrazine groups is 1. The van der Waals surface area contributed by atoms with Gasteiger partial charge in [-0.2, -0.15) is 13.2 Å². The quantitative estimate of drug-likeness (QED) is 0.104. The Labute approximate surface area is 281 Å². The van der Waals surface area contributed by atoms with Crippen LogP contribution in [0.5, 0.6) is 5.75 Å². The third kappa shape index (κ3) is 7.63. The topological polar surface area (TPSA) is 92.2 Å². The van der Waals surface area contributed by atoms with E-state index in [2.05, 4.69) is 42.7 Å². The minimum atomic E-state index is -4.55. The van der Waals surface area contributed by atoms with Crippen molar-refractivity contribution in [3.63, 3.8) is 0 Å². The van der Waals surface area contributed by atoms with Gasteiger partial charge in [-0.1, -0.05) is 86.5 Å². The number of carbonyl (C=O) groups is 1.